The molecule has 4 aromatic rings. The van der Waals surface area contributed by atoms with Crippen molar-refractivity contribution in [2.75, 3.05) is 19.8 Å². The van der Waals surface area contributed by atoms with Crippen molar-refractivity contribution in [2.45, 2.75) is 105 Å². The lowest BCUT2D eigenvalue weighted by molar-refractivity contribution is -0.364. The summed E-state index contributed by atoms with van der Waals surface area (Å²) in [6.07, 6.45) is -26.0. The molecule has 16 atom stereocenters. The third-order valence-electron chi connectivity index (χ3n) is 13.1. The van der Waals surface area contributed by atoms with E-state index in [0.29, 0.717) is 11.1 Å². The number of carbonyl (C=O) groups excluding carboxylic acids is 3. The summed E-state index contributed by atoms with van der Waals surface area (Å²) in [4.78, 5) is 48.8. The molecule has 0 amide bonds. The van der Waals surface area contributed by atoms with Crippen LogP contribution in [0.15, 0.2) is 96.8 Å². The van der Waals surface area contributed by atoms with E-state index in [0.717, 1.165) is 36.4 Å². The van der Waals surface area contributed by atoms with Gasteiger partial charge in [-0.2, -0.15) is 0 Å². The van der Waals surface area contributed by atoms with Crippen LogP contribution in [0.1, 0.15) is 34.8 Å². The molecule has 4 aromatic carbocycles. The first-order chi connectivity index (χ1) is 39.0. The van der Waals surface area contributed by atoms with Crippen molar-refractivity contribution in [2.24, 2.45) is 0 Å². The zero-order valence-corrected chi connectivity index (χ0v) is 42.5. The maximum atomic E-state index is 13.0. The minimum absolute atomic E-state index is 0.0247. The molecule has 3 fully saturated rings. The highest BCUT2D eigenvalue weighted by Gasteiger charge is 2.53. The zero-order valence-electron chi connectivity index (χ0n) is 42.5. The molecule has 28 nitrogen and oxygen atoms in total. The maximum absolute atomic E-state index is 13.0. The summed E-state index contributed by atoms with van der Waals surface area (Å²) in [6.45, 7) is -2.39. The Labute approximate surface area is 462 Å². The van der Waals surface area contributed by atoms with Crippen LogP contribution in [0.3, 0.4) is 0 Å². The van der Waals surface area contributed by atoms with Gasteiger partial charge in [0.2, 0.25) is 12.6 Å². The number of carboxylic acids is 1. The van der Waals surface area contributed by atoms with Crippen molar-refractivity contribution in [1.82, 2.24) is 0 Å². The second kappa shape index (κ2) is 26.2. The fourth-order valence-corrected chi connectivity index (χ4v) is 8.71. The number of esters is 3. The van der Waals surface area contributed by atoms with Gasteiger partial charge in [-0.25, -0.2) is 9.59 Å². The molecule has 82 heavy (non-hydrogen) atoms. The minimum Gasteiger partial charge on any atom is -0.571 e. The second-order valence-electron chi connectivity index (χ2n) is 19.0. The van der Waals surface area contributed by atoms with Crippen molar-refractivity contribution >= 4 is 42.1 Å². The lowest BCUT2D eigenvalue weighted by Gasteiger charge is -2.46. The summed E-state index contributed by atoms with van der Waals surface area (Å²) in [6, 6.07) is 17.1. The number of carbonyl (C=O) groups is 4. The van der Waals surface area contributed by atoms with Crippen LogP contribution >= 0.6 is 0 Å². The topological polar surface area (TPSA) is 447 Å². The first-order valence-electron chi connectivity index (χ1n) is 24.9. The first-order valence-corrected chi connectivity index (χ1v) is 24.9. The molecule has 15 N–H and O–H groups in total. The molecule has 4 aliphatic rings. The van der Waals surface area contributed by atoms with Crippen molar-refractivity contribution < 1.29 is 138 Å². The van der Waals surface area contributed by atoms with E-state index in [2.05, 4.69) is 4.74 Å². The van der Waals surface area contributed by atoms with E-state index in [1.807, 2.05) is 0 Å². The number of hydrogen-bond acceptors (Lipinski definition) is 26. The number of phenolic OH excluding ortho intramolecular Hbond substituents is 5. The normalized spacial score (nSPS) is 29.9. The predicted molar refractivity (Wildman–Crippen MR) is 270 cm³/mol. The number of aliphatic hydroxyl groups is 9. The summed E-state index contributed by atoms with van der Waals surface area (Å²) < 4.78 is 56.3. The SMILES string of the molecule is O=C(O)CC(=O)OC[C@H]1O[C@@H](Oc2cc(O)cc3c2C=C(O[C@@H]2O[C@@H](COC(=O)/C=C/c4ccc(O)cc4)[C@@H](O)[C@H](O)[C@H]2O[C@@H]2O[C@@H](COC(=O)/C=C/c4ccc(O)cc4)[C@@H](O)[C@H](O)[C@H]2O)C(c2ccc(O)c(O)c2)[OH+]3)[C@H](O)[C@@H](O)[C@@H]1O. The Morgan fingerprint density at radius 2 is 1.04 bits per heavy atom. The smallest absolute Gasteiger partial charge is 0.330 e. The number of ether oxygens (including phenoxy) is 10. The van der Waals surface area contributed by atoms with Crippen molar-refractivity contribution in [3.8, 4) is 40.2 Å². The van der Waals surface area contributed by atoms with E-state index in [9.17, 15) is 85.6 Å². The summed E-state index contributed by atoms with van der Waals surface area (Å²) in [5.41, 5.74) is 0.914. The standard InChI is InChI=1S/C54H56O28/c55-26-8-1-23(2-9-26)5-13-39(62)73-20-35-42(65)46(69)49(72)53(80-35)82-51-47(70)44(67)37(21-74-40(63)14-6-24-3-10-27(56)11-4-24)81-54(51)78-34-18-29-32(76-50(34)25-7-12-30(58)31(59)15-25)16-28(57)17-33(29)77-52-48(71)45(68)43(66)36(79-52)22-75-41(64)19-38(60)61/h1-18,35-37,42-59,65-72H,19-22H2,(H,60,61)/p+1/b13-5+,14-6+/t35-,36+,37-,42+,43+,44+,45-,46-,47-,48+,49+,50?,51+,52+,53-,54+/m0/s1. The van der Waals surface area contributed by atoms with Gasteiger partial charge >= 0.3 is 23.9 Å². The molecular formula is C54H57O28+. The Bertz CT molecular complexity index is 3000. The van der Waals surface area contributed by atoms with E-state index < -0.39 is 171 Å². The Morgan fingerprint density at radius 3 is 1.59 bits per heavy atom. The average molecular weight is 1150 g/mol. The van der Waals surface area contributed by atoms with Gasteiger partial charge in [-0.3, -0.25) is 9.59 Å². The van der Waals surface area contributed by atoms with E-state index in [1.54, 1.807) is 0 Å². The van der Waals surface area contributed by atoms with E-state index in [4.69, 9.17) is 47.7 Å². The van der Waals surface area contributed by atoms with Crippen molar-refractivity contribution in [3.63, 3.8) is 0 Å². The number of aliphatic hydroxyl groups excluding tert-OH is 8. The lowest BCUT2D eigenvalue weighted by atomic mass is 9.97. The molecule has 0 spiro atoms. The van der Waals surface area contributed by atoms with Crippen LogP contribution in [-0.4, -0.2) is 212 Å². The highest BCUT2D eigenvalue weighted by atomic mass is 16.8. The second-order valence-corrected chi connectivity index (χ2v) is 19.0. The van der Waals surface area contributed by atoms with Gasteiger partial charge in [0.15, 0.2) is 29.7 Å². The largest absolute Gasteiger partial charge is 0.571 e. The number of phenols is 5. The van der Waals surface area contributed by atoms with Gasteiger partial charge < -0.3 is 119 Å². The molecule has 8 rings (SSSR count). The van der Waals surface area contributed by atoms with Crippen LogP contribution < -0.4 is 4.74 Å². The molecule has 28 heteroatoms. The molecule has 3 saturated heterocycles. The fourth-order valence-electron chi connectivity index (χ4n) is 8.71. The van der Waals surface area contributed by atoms with Crippen LogP contribution in [0.2, 0.25) is 0 Å². The zero-order chi connectivity index (χ0) is 59.1. The highest BCUT2D eigenvalue weighted by Crippen LogP contribution is 2.48. The lowest BCUT2D eigenvalue weighted by Crippen LogP contribution is -2.64. The Morgan fingerprint density at radius 1 is 0.524 bits per heavy atom. The molecule has 0 aliphatic carbocycles. The number of fused-ring (bicyclic) bond motifs is 1. The van der Waals surface area contributed by atoms with E-state index in [1.165, 1.54) is 72.8 Å². The molecule has 0 radical (unpaired) electrons. The number of carboxylic acid groups (broad SMARTS) is 1. The quantitative estimate of drug-likeness (QED) is 0.0133. The molecule has 440 valence electrons. The van der Waals surface area contributed by atoms with Gasteiger partial charge in [-0.1, -0.05) is 24.3 Å². The van der Waals surface area contributed by atoms with Gasteiger partial charge in [-0.15, -0.1) is 0 Å². The maximum Gasteiger partial charge on any atom is 0.330 e. The molecule has 0 aromatic heterocycles. The van der Waals surface area contributed by atoms with Gasteiger partial charge in [-0.05, 0) is 65.7 Å². The van der Waals surface area contributed by atoms with E-state index in [-0.39, 0.29) is 34.1 Å². The number of rotatable bonds is 19. The average Bonchev–Trinajstić information content (AvgIpc) is 3.45. The minimum atomic E-state index is -2.17. The number of benzene rings is 4. The molecule has 0 bridgehead atoms. The van der Waals surface area contributed by atoms with Crippen LogP contribution in [0.4, 0.5) is 0 Å². The number of aromatic hydroxyl groups is 6. The van der Waals surface area contributed by atoms with Crippen molar-refractivity contribution in [1.29, 1.82) is 0 Å². The summed E-state index contributed by atoms with van der Waals surface area (Å²) in [5, 5.41) is 149. The Balaban J connectivity index is 1.11. The van der Waals surface area contributed by atoms with Gasteiger partial charge in [0.25, 0.3) is 11.9 Å². The fraction of sp³-hybridized carbons (Fsp3) is 0.370. The van der Waals surface area contributed by atoms with Gasteiger partial charge in [0.1, 0.15) is 122 Å². The Hall–Kier alpha value is -8.10. The van der Waals surface area contributed by atoms with Crippen LogP contribution in [-0.2, 0) is 57.1 Å². The van der Waals surface area contributed by atoms with Gasteiger partial charge in [0.05, 0.1) is 11.6 Å². The molecule has 1 unspecified atom stereocenters. The third kappa shape index (κ3) is 14.5. The third-order valence-corrected chi connectivity index (χ3v) is 13.1. The van der Waals surface area contributed by atoms with Crippen LogP contribution in [0.5, 0.6) is 40.2 Å². The van der Waals surface area contributed by atoms with E-state index >= 15 is 0 Å². The monoisotopic (exact) mass is 1150 g/mol. The highest BCUT2D eigenvalue weighted by molar-refractivity contribution is 5.90. The number of aliphatic carboxylic acids is 1. The summed E-state index contributed by atoms with van der Waals surface area (Å²) in [5.74, 6) is -7.37. The summed E-state index contributed by atoms with van der Waals surface area (Å²) in [7, 11) is 0. The summed E-state index contributed by atoms with van der Waals surface area (Å²) >= 11 is 0. The van der Waals surface area contributed by atoms with Crippen molar-refractivity contribution in [3.05, 3.63) is 119 Å². The number of hydrogen-bond donors (Lipinski definition) is 14. The van der Waals surface area contributed by atoms with Crippen LogP contribution in [0.25, 0.3) is 18.2 Å². The first kappa shape index (κ1) is 60.0. The molecule has 0 saturated carbocycles. The van der Waals surface area contributed by atoms with Crippen LogP contribution in [0, 0.1) is 0 Å². The van der Waals surface area contributed by atoms with Gasteiger partial charge in [0, 0.05) is 24.3 Å². The molecule has 4 heterocycles. The molecular weight excluding hydrogens is 1100 g/mol. The predicted octanol–water partition coefficient (Wildman–Crippen LogP) is -1.07. The molecule has 4 aliphatic heterocycles. The Kier molecular flexibility index (Phi) is 19.2.